The minimum Gasteiger partial charge on any atom is -0.363 e. The van der Waals surface area contributed by atoms with Gasteiger partial charge in [0.15, 0.2) is 0 Å². The van der Waals surface area contributed by atoms with E-state index >= 15 is 0 Å². The summed E-state index contributed by atoms with van der Waals surface area (Å²) in [7, 11) is 0. The summed E-state index contributed by atoms with van der Waals surface area (Å²) in [5, 5.41) is 0. The minimum absolute atomic E-state index is 0. The molecule has 4 nitrogen and oxygen atoms in total. The Balaban J connectivity index is 0.000000754. The van der Waals surface area contributed by atoms with Crippen molar-refractivity contribution >= 4 is 46.4 Å². The topological polar surface area (TPSA) is 40.6 Å². The second kappa shape index (κ2) is 25.1. The van der Waals surface area contributed by atoms with Crippen molar-refractivity contribution in [1.29, 1.82) is 0 Å². The summed E-state index contributed by atoms with van der Waals surface area (Å²) < 4.78 is 53.6. The maximum Gasteiger partial charge on any atom is 4.00 e. The zero-order chi connectivity index (χ0) is 37.7. The molecule has 4 rings (SSSR count). The summed E-state index contributed by atoms with van der Waals surface area (Å²) >= 11 is 11.6. The average Bonchev–Trinajstić information content (AvgIpc) is 3.87. The van der Waals surface area contributed by atoms with E-state index in [0.29, 0.717) is 13.1 Å². The summed E-state index contributed by atoms with van der Waals surface area (Å²) in [6.07, 6.45) is 3.16. The predicted octanol–water partition coefficient (Wildman–Crippen LogP) is 11.1. The Kier molecular flexibility index (Phi) is 23.7. The van der Waals surface area contributed by atoms with Crippen molar-refractivity contribution in [3.05, 3.63) is 120 Å². The average molecular weight is 784 g/mol. The Morgan fingerprint density at radius 1 is 0.647 bits per heavy atom. The van der Waals surface area contributed by atoms with Crippen molar-refractivity contribution in [3.8, 4) is 0 Å². The van der Waals surface area contributed by atoms with Crippen molar-refractivity contribution in [1.82, 2.24) is 0 Å². The number of hydrogen-bond donors (Lipinski definition) is 0. The van der Waals surface area contributed by atoms with E-state index in [1.807, 2.05) is 86.6 Å². The fourth-order valence-electron chi connectivity index (χ4n) is 4.07. The molecule has 4 aromatic carbocycles. The summed E-state index contributed by atoms with van der Waals surface area (Å²) in [5.74, 6) is -3.60. The van der Waals surface area contributed by atoms with Gasteiger partial charge in [-0.05, 0) is 51.9 Å². The molecule has 0 fully saturated rings. The number of alkyl halides is 2. The van der Waals surface area contributed by atoms with Crippen molar-refractivity contribution in [2.24, 2.45) is 10.8 Å². The van der Waals surface area contributed by atoms with Crippen LogP contribution in [-0.4, -0.2) is 36.7 Å². The summed E-state index contributed by atoms with van der Waals surface area (Å²) in [6.45, 7) is 11.5. The summed E-state index contributed by atoms with van der Waals surface area (Å²) in [6, 6.07) is 28.6. The molecule has 276 valence electrons. The zero-order valence-electron chi connectivity index (χ0n) is 30.2. The predicted molar refractivity (Wildman–Crippen MR) is 198 cm³/mol. The van der Waals surface area contributed by atoms with Crippen LogP contribution < -0.4 is 9.80 Å². The molecule has 0 aliphatic heterocycles. The molecular formula is C40H48Cl2F4N2O2Ti. The molecule has 0 saturated heterocycles. The standard InChI is InChI=1S/2C15H19ClF2NO.2C5H5.Ti/c2*1-4-5-8-19(14(20)15(2,3)10-16)13-7-6-11(17)9-12(13)18;2*1-2-4-5-3-1;/h2*6-7H,4-5,8,10H2,1-3H3;2*1-5H;/q4*-1;+4. The Hall–Kier alpha value is -2.91. The van der Waals surface area contributed by atoms with Crippen LogP contribution in [0.2, 0.25) is 0 Å². The van der Waals surface area contributed by atoms with Crippen molar-refractivity contribution < 1.29 is 48.9 Å². The van der Waals surface area contributed by atoms with Gasteiger partial charge in [-0.3, -0.25) is 9.59 Å². The summed E-state index contributed by atoms with van der Waals surface area (Å²) in [5.41, 5.74) is -1.53. The van der Waals surface area contributed by atoms with Gasteiger partial charge >= 0.3 is 21.7 Å². The SMILES string of the molecule is CCCCN(C(=O)C(C)(C)CCl)c1ccc(F)[c-]c1F.CCCCN(C(=O)C(C)(C)CCl)c1ccc(F)[c-]c1F.[Ti+4].c1cc[cH-]c1.c1cc[cH-]c1. The van der Waals surface area contributed by atoms with Crippen LogP contribution in [0.25, 0.3) is 0 Å². The molecule has 0 saturated carbocycles. The molecule has 0 heterocycles. The maximum absolute atomic E-state index is 13.9. The first kappa shape index (κ1) is 48.1. The Morgan fingerprint density at radius 2 is 0.961 bits per heavy atom. The van der Waals surface area contributed by atoms with E-state index in [2.05, 4.69) is 0 Å². The molecule has 0 aliphatic rings. The van der Waals surface area contributed by atoms with Crippen molar-refractivity contribution in [3.63, 3.8) is 0 Å². The molecule has 0 N–H and O–H groups in total. The van der Waals surface area contributed by atoms with Crippen molar-refractivity contribution in [2.45, 2.75) is 67.2 Å². The van der Waals surface area contributed by atoms with E-state index in [1.165, 1.54) is 21.9 Å². The molecule has 0 aromatic heterocycles. The van der Waals surface area contributed by atoms with E-state index in [9.17, 15) is 27.2 Å². The second-order valence-corrected chi connectivity index (χ2v) is 13.1. The van der Waals surface area contributed by atoms with E-state index in [-0.39, 0.29) is 56.7 Å². The third kappa shape index (κ3) is 17.0. The van der Waals surface area contributed by atoms with E-state index < -0.39 is 34.1 Å². The number of nitrogens with zero attached hydrogens (tertiary/aromatic N) is 2. The fraction of sp³-hybridized carbons (Fsp3) is 0.400. The first-order chi connectivity index (χ1) is 23.7. The van der Waals surface area contributed by atoms with Crippen LogP contribution in [0.3, 0.4) is 0 Å². The quantitative estimate of drug-likeness (QED) is 0.0621. The van der Waals surface area contributed by atoms with E-state index in [4.69, 9.17) is 23.2 Å². The van der Waals surface area contributed by atoms with E-state index in [1.54, 1.807) is 27.7 Å². The number of rotatable bonds is 12. The van der Waals surface area contributed by atoms with Crippen LogP contribution in [0.5, 0.6) is 0 Å². The first-order valence-corrected chi connectivity index (χ1v) is 17.6. The van der Waals surface area contributed by atoms with Gasteiger partial charge in [-0.15, -0.1) is 59.6 Å². The van der Waals surface area contributed by atoms with Crippen LogP contribution >= 0.6 is 23.2 Å². The summed E-state index contributed by atoms with van der Waals surface area (Å²) in [4.78, 5) is 27.7. The molecule has 0 unspecified atom stereocenters. The van der Waals surface area contributed by atoms with Crippen LogP contribution in [0.15, 0.2) is 84.9 Å². The molecule has 0 aliphatic carbocycles. The fourth-order valence-corrected chi connectivity index (χ4v) is 4.30. The van der Waals surface area contributed by atoms with Gasteiger partial charge in [0.05, 0.1) is 10.8 Å². The minimum atomic E-state index is -0.861. The van der Waals surface area contributed by atoms with Gasteiger partial charge in [0.1, 0.15) is 0 Å². The number of halogens is 6. The molecular weight excluding hydrogens is 735 g/mol. The van der Waals surface area contributed by atoms with Crippen molar-refractivity contribution in [2.75, 3.05) is 34.6 Å². The molecule has 51 heavy (non-hydrogen) atoms. The Morgan fingerprint density at radius 3 is 1.18 bits per heavy atom. The monoisotopic (exact) mass is 782 g/mol. The number of amides is 2. The van der Waals surface area contributed by atoms with Crippen LogP contribution in [0.4, 0.5) is 28.9 Å². The largest absolute Gasteiger partial charge is 4.00 e. The first-order valence-electron chi connectivity index (χ1n) is 16.5. The van der Waals surface area contributed by atoms with Gasteiger partial charge in [0.25, 0.3) is 0 Å². The number of hydrogen-bond acceptors (Lipinski definition) is 2. The second-order valence-electron chi connectivity index (χ2n) is 12.6. The van der Waals surface area contributed by atoms with Gasteiger partial charge < -0.3 is 9.80 Å². The number of carbonyl (C=O) groups excluding carboxylic acids is 2. The zero-order valence-corrected chi connectivity index (χ0v) is 33.3. The van der Waals surface area contributed by atoms with Crippen LogP contribution in [-0.2, 0) is 31.3 Å². The molecule has 4 aromatic rings. The third-order valence-corrected chi connectivity index (χ3v) is 8.50. The van der Waals surface area contributed by atoms with Gasteiger partial charge in [-0.1, -0.05) is 26.7 Å². The van der Waals surface area contributed by atoms with Crippen LogP contribution in [0, 0.1) is 46.2 Å². The number of anilines is 2. The molecule has 0 bridgehead atoms. The Labute approximate surface area is 326 Å². The number of unbranched alkanes of at least 4 members (excludes halogenated alkanes) is 2. The van der Waals surface area contributed by atoms with Crippen LogP contribution in [0.1, 0.15) is 67.2 Å². The number of carbonyl (C=O) groups is 2. The Bertz CT molecular complexity index is 1370. The van der Waals surface area contributed by atoms with Gasteiger partial charge in [-0.25, -0.2) is 41.8 Å². The molecule has 0 radical (unpaired) electrons. The van der Waals surface area contributed by atoms with Gasteiger partial charge in [-0.2, -0.15) is 36.4 Å². The smallest absolute Gasteiger partial charge is 0.363 e. The molecule has 2 amide bonds. The molecule has 0 atom stereocenters. The molecule has 0 spiro atoms. The maximum atomic E-state index is 13.9. The van der Waals surface area contributed by atoms with Gasteiger partial charge in [0, 0.05) is 48.1 Å². The van der Waals surface area contributed by atoms with E-state index in [0.717, 1.165) is 37.8 Å². The number of benzene rings is 2. The van der Waals surface area contributed by atoms with Gasteiger partial charge in [0.2, 0.25) is 11.8 Å². The molecule has 11 heteroatoms. The normalized spacial score (nSPS) is 10.6. The third-order valence-electron chi connectivity index (χ3n) is 7.16.